The molecule has 120 valence electrons. The van der Waals surface area contributed by atoms with Crippen LogP contribution in [0.1, 0.15) is 43.0 Å². The second-order valence-corrected chi connectivity index (χ2v) is 6.96. The van der Waals surface area contributed by atoms with Crippen molar-refractivity contribution in [2.75, 3.05) is 25.6 Å². The summed E-state index contributed by atoms with van der Waals surface area (Å²) in [5.74, 6) is 2.42. The Morgan fingerprint density at radius 1 is 1.32 bits per heavy atom. The highest BCUT2D eigenvalue weighted by atomic mass is 16.5. The van der Waals surface area contributed by atoms with Crippen molar-refractivity contribution in [2.24, 2.45) is 11.8 Å². The maximum Gasteiger partial charge on any atom is 0.223 e. The van der Waals surface area contributed by atoms with Crippen LogP contribution in [0.25, 0.3) is 0 Å². The molecular weight excluding hydrogens is 278 g/mol. The van der Waals surface area contributed by atoms with E-state index in [0.717, 1.165) is 31.3 Å². The SMILES string of the molecule is COC[C@@H]1[C@H](Nc2nc(C)cc(C3CCC3)n2)[C@@H]2CCO[C@H]12. The largest absolute Gasteiger partial charge is 0.384 e. The highest BCUT2D eigenvalue weighted by Crippen LogP contribution is 2.45. The number of aromatic nitrogens is 2. The molecule has 5 nitrogen and oxygen atoms in total. The van der Waals surface area contributed by atoms with E-state index in [4.69, 9.17) is 14.5 Å². The lowest BCUT2D eigenvalue weighted by molar-refractivity contribution is -0.0668. The van der Waals surface area contributed by atoms with Crippen LogP contribution in [0.2, 0.25) is 0 Å². The predicted octanol–water partition coefficient (Wildman–Crippen LogP) is 2.51. The van der Waals surface area contributed by atoms with Crippen LogP contribution >= 0.6 is 0 Å². The molecule has 0 radical (unpaired) electrons. The second-order valence-electron chi connectivity index (χ2n) is 6.96. The minimum absolute atomic E-state index is 0.355. The molecule has 1 aromatic rings. The molecule has 0 aromatic carbocycles. The highest BCUT2D eigenvalue weighted by molar-refractivity contribution is 5.34. The summed E-state index contributed by atoms with van der Waals surface area (Å²) in [7, 11) is 1.76. The van der Waals surface area contributed by atoms with E-state index in [-0.39, 0.29) is 0 Å². The van der Waals surface area contributed by atoms with Crippen molar-refractivity contribution in [3.63, 3.8) is 0 Å². The Balaban J connectivity index is 1.51. The summed E-state index contributed by atoms with van der Waals surface area (Å²) < 4.78 is 11.2. The third-order valence-corrected chi connectivity index (χ3v) is 5.58. The van der Waals surface area contributed by atoms with Gasteiger partial charge >= 0.3 is 0 Å². The number of anilines is 1. The van der Waals surface area contributed by atoms with Crippen molar-refractivity contribution in [3.05, 3.63) is 17.5 Å². The summed E-state index contributed by atoms with van der Waals surface area (Å²) in [5.41, 5.74) is 2.27. The molecule has 0 bridgehead atoms. The van der Waals surface area contributed by atoms with Gasteiger partial charge in [-0.2, -0.15) is 0 Å². The molecule has 2 heterocycles. The number of ether oxygens (including phenoxy) is 2. The van der Waals surface area contributed by atoms with Gasteiger partial charge in [0.2, 0.25) is 5.95 Å². The van der Waals surface area contributed by atoms with Crippen LogP contribution in [-0.4, -0.2) is 42.4 Å². The zero-order valence-corrected chi connectivity index (χ0v) is 13.4. The summed E-state index contributed by atoms with van der Waals surface area (Å²) in [6.07, 6.45) is 5.35. The first kappa shape index (κ1) is 14.4. The zero-order chi connectivity index (χ0) is 15.1. The molecule has 0 unspecified atom stereocenters. The maximum atomic E-state index is 5.84. The van der Waals surface area contributed by atoms with E-state index in [1.165, 1.54) is 25.0 Å². The van der Waals surface area contributed by atoms with Crippen molar-refractivity contribution < 1.29 is 9.47 Å². The van der Waals surface area contributed by atoms with Crippen molar-refractivity contribution >= 4 is 5.95 Å². The number of fused-ring (bicyclic) bond motifs is 1. The van der Waals surface area contributed by atoms with E-state index in [0.29, 0.717) is 29.9 Å². The number of aryl methyl sites for hydroxylation is 1. The van der Waals surface area contributed by atoms with Gasteiger partial charge in [0.25, 0.3) is 0 Å². The molecule has 0 spiro atoms. The van der Waals surface area contributed by atoms with Gasteiger partial charge in [0.15, 0.2) is 0 Å². The van der Waals surface area contributed by atoms with Crippen molar-refractivity contribution in [3.8, 4) is 0 Å². The molecule has 1 aromatic heterocycles. The van der Waals surface area contributed by atoms with E-state index in [1.807, 2.05) is 0 Å². The van der Waals surface area contributed by atoms with E-state index >= 15 is 0 Å². The van der Waals surface area contributed by atoms with Gasteiger partial charge in [-0.05, 0) is 32.3 Å². The summed E-state index contributed by atoms with van der Waals surface area (Å²) in [6.45, 7) is 3.67. The first-order valence-electron chi connectivity index (χ1n) is 8.49. The molecule has 3 fully saturated rings. The molecule has 0 amide bonds. The van der Waals surface area contributed by atoms with Crippen LogP contribution in [0.4, 0.5) is 5.95 Å². The normalized spacial score (nSPS) is 33.9. The summed E-state index contributed by atoms with van der Waals surface area (Å²) in [5, 5.41) is 3.59. The monoisotopic (exact) mass is 303 g/mol. The molecule has 4 rings (SSSR count). The molecule has 3 aliphatic rings. The van der Waals surface area contributed by atoms with Gasteiger partial charge in [0, 0.05) is 48.9 Å². The van der Waals surface area contributed by atoms with Crippen LogP contribution in [-0.2, 0) is 9.47 Å². The first-order chi connectivity index (χ1) is 10.8. The van der Waals surface area contributed by atoms with Crippen LogP contribution in [0.5, 0.6) is 0 Å². The molecule has 22 heavy (non-hydrogen) atoms. The van der Waals surface area contributed by atoms with Crippen molar-refractivity contribution in [2.45, 2.75) is 50.7 Å². The minimum Gasteiger partial charge on any atom is -0.384 e. The molecule has 2 aliphatic carbocycles. The fourth-order valence-electron chi connectivity index (χ4n) is 4.15. The summed E-state index contributed by atoms with van der Waals surface area (Å²) in [4.78, 5) is 9.38. The molecule has 1 N–H and O–H groups in total. The van der Waals surface area contributed by atoms with Crippen LogP contribution in [0.3, 0.4) is 0 Å². The van der Waals surface area contributed by atoms with Gasteiger partial charge in [-0.15, -0.1) is 0 Å². The van der Waals surface area contributed by atoms with Crippen LogP contribution < -0.4 is 5.32 Å². The predicted molar refractivity (Wildman–Crippen MR) is 84.0 cm³/mol. The van der Waals surface area contributed by atoms with Gasteiger partial charge in [-0.25, -0.2) is 9.97 Å². The van der Waals surface area contributed by atoms with Crippen molar-refractivity contribution in [1.82, 2.24) is 9.97 Å². The average molecular weight is 303 g/mol. The minimum atomic E-state index is 0.355. The standard InChI is InChI=1S/C17H25N3O2/c1-10-8-14(11-4-3-5-11)19-17(18-10)20-15-12-6-7-22-16(12)13(15)9-21-2/h8,11-13,15-16H,3-7,9H2,1-2H3,(H,18,19,20)/t12-,13+,15+,16-/m0/s1. The topological polar surface area (TPSA) is 56.3 Å². The number of nitrogens with one attached hydrogen (secondary N) is 1. The lowest BCUT2D eigenvalue weighted by Gasteiger charge is -2.47. The van der Waals surface area contributed by atoms with Gasteiger partial charge in [-0.3, -0.25) is 0 Å². The molecule has 1 aliphatic heterocycles. The number of methoxy groups -OCH3 is 1. The van der Waals surface area contributed by atoms with Gasteiger partial charge in [0.05, 0.1) is 12.7 Å². The summed E-state index contributed by atoms with van der Waals surface area (Å²) >= 11 is 0. The first-order valence-corrected chi connectivity index (χ1v) is 8.49. The van der Waals surface area contributed by atoms with Gasteiger partial charge < -0.3 is 14.8 Å². The number of nitrogens with zero attached hydrogens (tertiary/aromatic N) is 2. The van der Waals surface area contributed by atoms with Gasteiger partial charge in [-0.1, -0.05) is 6.42 Å². The number of hydrogen-bond acceptors (Lipinski definition) is 5. The Kier molecular flexibility index (Phi) is 3.78. The number of hydrogen-bond donors (Lipinski definition) is 1. The lowest BCUT2D eigenvalue weighted by atomic mass is 9.67. The quantitative estimate of drug-likeness (QED) is 0.906. The molecule has 4 atom stereocenters. The smallest absolute Gasteiger partial charge is 0.223 e. The highest BCUT2D eigenvalue weighted by Gasteiger charge is 2.54. The van der Waals surface area contributed by atoms with E-state index in [1.54, 1.807) is 7.11 Å². The van der Waals surface area contributed by atoms with Crippen LogP contribution in [0, 0.1) is 18.8 Å². The Bertz CT molecular complexity index is 547. The third kappa shape index (κ3) is 2.40. The Labute approximate surface area is 131 Å². The lowest BCUT2D eigenvalue weighted by Crippen LogP contribution is -2.58. The fraction of sp³-hybridized carbons (Fsp3) is 0.765. The van der Waals surface area contributed by atoms with E-state index in [9.17, 15) is 0 Å². The molecular formula is C17H25N3O2. The van der Waals surface area contributed by atoms with E-state index in [2.05, 4.69) is 23.3 Å². The van der Waals surface area contributed by atoms with Gasteiger partial charge in [0.1, 0.15) is 0 Å². The zero-order valence-electron chi connectivity index (χ0n) is 13.4. The Hall–Kier alpha value is -1.20. The van der Waals surface area contributed by atoms with E-state index < -0.39 is 0 Å². The number of rotatable bonds is 5. The Morgan fingerprint density at radius 2 is 2.18 bits per heavy atom. The summed E-state index contributed by atoms with van der Waals surface area (Å²) in [6, 6.07) is 2.52. The Morgan fingerprint density at radius 3 is 2.91 bits per heavy atom. The van der Waals surface area contributed by atoms with Crippen molar-refractivity contribution in [1.29, 1.82) is 0 Å². The van der Waals surface area contributed by atoms with Crippen LogP contribution in [0.15, 0.2) is 6.07 Å². The molecule has 5 heteroatoms. The molecule has 1 saturated heterocycles. The fourth-order valence-corrected chi connectivity index (χ4v) is 4.15. The third-order valence-electron chi connectivity index (χ3n) is 5.58. The average Bonchev–Trinajstić information content (AvgIpc) is 2.84. The second kappa shape index (κ2) is 5.78. The molecule has 2 saturated carbocycles. The maximum absolute atomic E-state index is 5.84.